The van der Waals surface area contributed by atoms with E-state index in [2.05, 4.69) is 0 Å². The number of benzene rings is 1. The Morgan fingerprint density at radius 3 is 2.44 bits per heavy atom. The van der Waals surface area contributed by atoms with Crippen molar-refractivity contribution in [1.82, 2.24) is 0 Å². The fourth-order valence-corrected chi connectivity index (χ4v) is 1.76. The number of Topliss-reactive ketones (excluding diaryl/α,β-unsaturated/α-hetero) is 1. The molecule has 3 nitrogen and oxygen atoms in total. The maximum Gasteiger partial charge on any atom is 0.337 e. The first-order valence-electron chi connectivity index (χ1n) is 4.63. The minimum absolute atomic E-state index is 0.00223. The van der Waals surface area contributed by atoms with Crippen LogP contribution in [0.4, 0.5) is 0 Å². The van der Waals surface area contributed by atoms with E-state index in [0.717, 1.165) is 0 Å². The summed E-state index contributed by atoms with van der Waals surface area (Å²) >= 11 is 11.5. The van der Waals surface area contributed by atoms with E-state index in [1.54, 1.807) is 6.07 Å². The molecule has 0 aliphatic carbocycles. The van der Waals surface area contributed by atoms with E-state index < -0.39 is 5.97 Å². The summed E-state index contributed by atoms with van der Waals surface area (Å²) in [5.41, 5.74) is 0.507. The van der Waals surface area contributed by atoms with Crippen LogP contribution in [0, 0.1) is 0 Å². The summed E-state index contributed by atoms with van der Waals surface area (Å²) in [4.78, 5) is 21.9. The van der Waals surface area contributed by atoms with Gasteiger partial charge in [-0.15, -0.1) is 0 Å². The van der Waals surface area contributed by atoms with Gasteiger partial charge in [0.2, 0.25) is 0 Å². The first-order chi connectivity index (χ1) is 7.43. The maximum absolute atomic E-state index is 11.0. The normalized spacial score (nSPS) is 10.2. The summed E-state index contributed by atoms with van der Waals surface area (Å²) in [6.45, 7) is 1.46. The van der Waals surface area contributed by atoms with Crippen molar-refractivity contribution in [3.63, 3.8) is 0 Å². The molecule has 0 heterocycles. The van der Waals surface area contributed by atoms with Crippen molar-refractivity contribution >= 4 is 35.0 Å². The van der Waals surface area contributed by atoms with Crippen molar-refractivity contribution in [2.45, 2.75) is 19.8 Å². The van der Waals surface area contributed by atoms with Crippen LogP contribution in [0.2, 0.25) is 10.0 Å². The fourth-order valence-electron chi connectivity index (χ4n) is 1.34. The van der Waals surface area contributed by atoms with Crippen LogP contribution in [0.25, 0.3) is 0 Å². The predicted molar refractivity (Wildman–Crippen MR) is 62.4 cm³/mol. The highest BCUT2D eigenvalue weighted by Gasteiger charge is 2.17. The van der Waals surface area contributed by atoms with Crippen molar-refractivity contribution in [3.05, 3.63) is 33.3 Å². The smallest absolute Gasteiger partial charge is 0.337 e. The molecule has 0 fully saturated rings. The molecule has 0 aliphatic heterocycles. The van der Waals surface area contributed by atoms with Gasteiger partial charge in [-0.25, -0.2) is 4.79 Å². The van der Waals surface area contributed by atoms with E-state index in [1.165, 1.54) is 13.0 Å². The lowest BCUT2D eigenvalue weighted by atomic mass is 10.0. The number of carboxylic acids is 1. The van der Waals surface area contributed by atoms with Gasteiger partial charge in [0.25, 0.3) is 0 Å². The molecule has 0 amide bonds. The zero-order valence-electron chi connectivity index (χ0n) is 8.59. The minimum Gasteiger partial charge on any atom is -0.478 e. The first kappa shape index (κ1) is 13.0. The van der Waals surface area contributed by atoms with Gasteiger partial charge in [0, 0.05) is 6.42 Å². The highest BCUT2D eigenvalue weighted by molar-refractivity contribution is 6.43. The molecular formula is C11H10Cl2O3. The van der Waals surface area contributed by atoms with Gasteiger partial charge in [0.1, 0.15) is 5.78 Å². The molecule has 0 saturated carbocycles. The van der Waals surface area contributed by atoms with Crippen LogP contribution in [0.1, 0.15) is 29.3 Å². The number of carbonyl (C=O) groups is 2. The van der Waals surface area contributed by atoms with Crippen molar-refractivity contribution in [3.8, 4) is 0 Å². The van der Waals surface area contributed by atoms with Gasteiger partial charge >= 0.3 is 5.97 Å². The van der Waals surface area contributed by atoms with Gasteiger partial charge in [-0.2, -0.15) is 0 Å². The lowest BCUT2D eigenvalue weighted by Gasteiger charge is -2.08. The Morgan fingerprint density at radius 1 is 1.31 bits per heavy atom. The largest absolute Gasteiger partial charge is 0.478 e. The second-order valence-electron chi connectivity index (χ2n) is 3.40. The van der Waals surface area contributed by atoms with Crippen molar-refractivity contribution in [1.29, 1.82) is 0 Å². The molecule has 0 unspecified atom stereocenters. The van der Waals surface area contributed by atoms with E-state index in [0.29, 0.717) is 12.0 Å². The highest BCUT2D eigenvalue weighted by atomic mass is 35.5. The molecule has 1 rings (SSSR count). The highest BCUT2D eigenvalue weighted by Crippen LogP contribution is 2.29. The summed E-state index contributed by atoms with van der Waals surface area (Å²) in [6, 6.07) is 3.12. The van der Waals surface area contributed by atoms with Crippen LogP contribution in [-0.2, 0) is 11.2 Å². The third-order valence-electron chi connectivity index (χ3n) is 2.14. The summed E-state index contributed by atoms with van der Waals surface area (Å²) < 4.78 is 0. The third-order valence-corrected chi connectivity index (χ3v) is 2.95. The van der Waals surface area contributed by atoms with Crippen LogP contribution in [0.3, 0.4) is 0 Å². The molecule has 0 radical (unpaired) electrons. The van der Waals surface area contributed by atoms with E-state index in [4.69, 9.17) is 28.3 Å². The molecule has 0 aliphatic rings. The van der Waals surface area contributed by atoms with Crippen LogP contribution < -0.4 is 0 Å². The second-order valence-corrected chi connectivity index (χ2v) is 4.19. The van der Waals surface area contributed by atoms with Gasteiger partial charge in [-0.05, 0) is 25.0 Å². The van der Waals surface area contributed by atoms with Crippen LogP contribution in [0.15, 0.2) is 12.1 Å². The van der Waals surface area contributed by atoms with Crippen LogP contribution >= 0.6 is 23.2 Å². The van der Waals surface area contributed by atoms with Gasteiger partial charge in [0.05, 0.1) is 15.6 Å². The number of aromatic carboxylic acids is 1. The minimum atomic E-state index is -1.13. The van der Waals surface area contributed by atoms with Crippen molar-refractivity contribution in [2.24, 2.45) is 0 Å². The predicted octanol–water partition coefficient (Wildman–Crippen LogP) is 3.21. The standard InChI is InChI=1S/C11H10Cl2O3/c1-6(14)2-3-7-4-5-8(12)10(13)9(7)11(15)16/h4-5H,2-3H2,1H3,(H,15,16). The van der Waals surface area contributed by atoms with Gasteiger partial charge in [-0.3, -0.25) is 0 Å². The summed E-state index contributed by atoms with van der Waals surface area (Å²) in [7, 11) is 0. The topological polar surface area (TPSA) is 54.4 Å². The zero-order valence-corrected chi connectivity index (χ0v) is 10.1. The van der Waals surface area contributed by atoms with Gasteiger partial charge in [0.15, 0.2) is 0 Å². The molecule has 0 spiro atoms. The third kappa shape index (κ3) is 2.97. The number of halogens is 2. The Kier molecular flexibility index (Phi) is 4.33. The Labute approximate surface area is 103 Å². The number of hydrogen-bond acceptors (Lipinski definition) is 2. The van der Waals surface area contributed by atoms with E-state index in [-0.39, 0.29) is 27.8 Å². The van der Waals surface area contributed by atoms with E-state index >= 15 is 0 Å². The average Bonchev–Trinajstić information content (AvgIpc) is 2.19. The number of carboxylic acid groups (broad SMARTS) is 1. The second kappa shape index (κ2) is 5.32. The molecule has 1 aromatic carbocycles. The molecule has 0 bridgehead atoms. The number of rotatable bonds is 4. The molecule has 1 aromatic rings. The summed E-state index contributed by atoms with van der Waals surface area (Å²) in [5, 5.41) is 9.23. The monoisotopic (exact) mass is 260 g/mol. The lowest BCUT2D eigenvalue weighted by molar-refractivity contribution is -0.116. The molecule has 1 N–H and O–H groups in total. The summed E-state index contributed by atoms with van der Waals surface area (Å²) in [5.74, 6) is -1.13. The molecule has 5 heteroatoms. The Morgan fingerprint density at radius 2 is 1.94 bits per heavy atom. The SMILES string of the molecule is CC(=O)CCc1ccc(Cl)c(Cl)c1C(=O)O. The quantitative estimate of drug-likeness (QED) is 0.905. The zero-order chi connectivity index (χ0) is 12.3. The van der Waals surface area contributed by atoms with E-state index in [1.807, 2.05) is 0 Å². The number of carbonyl (C=O) groups excluding carboxylic acids is 1. The molecule has 16 heavy (non-hydrogen) atoms. The lowest BCUT2D eigenvalue weighted by Crippen LogP contribution is -2.05. The number of hydrogen-bond donors (Lipinski definition) is 1. The molecule has 0 aromatic heterocycles. The molecule has 0 atom stereocenters. The molecular weight excluding hydrogens is 251 g/mol. The van der Waals surface area contributed by atoms with Crippen molar-refractivity contribution < 1.29 is 14.7 Å². The number of ketones is 1. The molecule has 0 saturated heterocycles. The molecule has 86 valence electrons. The van der Waals surface area contributed by atoms with Gasteiger partial charge < -0.3 is 9.90 Å². The summed E-state index contributed by atoms with van der Waals surface area (Å²) in [6.07, 6.45) is 0.645. The van der Waals surface area contributed by atoms with E-state index in [9.17, 15) is 9.59 Å². The van der Waals surface area contributed by atoms with Gasteiger partial charge in [-0.1, -0.05) is 29.3 Å². The van der Waals surface area contributed by atoms with Crippen LogP contribution in [-0.4, -0.2) is 16.9 Å². The number of aryl methyl sites for hydroxylation is 1. The average molecular weight is 261 g/mol. The Bertz CT molecular complexity index is 441. The maximum atomic E-state index is 11.0. The fraction of sp³-hybridized carbons (Fsp3) is 0.273. The Hall–Kier alpha value is -1.06. The van der Waals surface area contributed by atoms with Crippen molar-refractivity contribution in [2.75, 3.05) is 0 Å². The first-order valence-corrected chi connectivity index (χ1v) is 5.38. The Balaban J connectivity index is 3.13. The van der Waals surface area contributed by atoms with Crippen LogP contribution in [0.5, 0.6) is 0 Å².